The highest BCUT2D eigenvalue weighted by Gasteiger charge is 2.24. The van der Waals surface area contributed by atoms with Crippen LogP contribution in [0.5, 0.6) is 0 Å². The quantitative estimate of drug-likeness (QED) is 0.897. The van der Waals surface area contributed by atoms with Gasteiger partial charge in [0.2, 0.25) is 15.9 Å². The van der Waals surface area contributed by atoms with E-state index in [1.807, 2.05) is 32.0 Å². The van der Waals surface area contributed by atoms with Crippen LogP contribution in [0.15, 0.2) is 18.2 Å². The summed E-state index contributed by atoms with van der Waals surface area (Å²) in [7, 11) is -3.52. The standard InChI is InChI=1S/C17H26N2O3S/c1-13-9-10-14(2)16(11-13)19(23(3,21)22)12-17(20)18-15-7-5-4-6-8-15/h9-11,15H,4-8,12H2,1-3H3,(H,18,20). The highest BCUT2D eigenvalue weighted by Crippen LogP contribution is 2.24. The van der Waals surface area contributed by atoms with Crippen LogP contribution in [0.25, 0.3) is 0 Å². The normalized spacial score (nSPS) is 16.1. The van der Waals surface area contributed by atoms with E-state index in [4.69, 9.17) is 0 Å². The van der Waals surface area contributed by atoms with Gasteiger partial charge in [0, 0.05) is 6.04 Å². The van der Waals surface area contributed by atoms with Gasteiger partial charge in [0.25, 0.3) is 0 Å². The average Bonchev–Trinajstić information content (AvgIpc) is 2.47. The number of hydrogen-bond acceptors (Lipinski definition) is 3. The number of benzene rings is 1. The van der Waals surface area contributed by atoms with E-state index in [-0.39, 0.29) is 18.5 Å². The van der Waals surface area contributed by atoms with Gasteiger partial charge in [-0.2, -0.15) is 0 Å². The molecule has 1 aliphatic carbocycles. The number of hydrogen-bond donors (Lipinski definition) is 1. The lowest BCUT2D eigenvalue weighted by Crippen LogP contribution is -2.44. The third kappa shape index (κ3) is 4.96. The molecule has 0 radical (unpaired) electrons. The number of sulfonamides is 1. The number of carbonyl (C=O) groups excluding carboxylic acids is 1. The van der Waals surface area contributed by atoms with E-state index in [9.17, 15) is 13.2 Å². The Morgan fingerprint density at radius 2 is 1.87 bits per heavy atom. The number of amides is 1. The first-order chi connectivity index (χ1) is 10.8. The molecule has 1 saturated carbocycles. The molecule has 1 aromatic rings. The minimum Gasteiger partial charge on any atom is -0.352 e. The van der Waals surface area contributed by atoms with E-state index in [1.54, 1.807) is 0 Å². The molecule has 1 amide bonds. The molecule has 6 heteroatoms. The van der Waals surface area contributed by atoms with E-state index in [0.717, 1.165) is 43.1 Å². The van der Waals surface area contributed by atoms with Gasteiger partial charge in [0.05, 0.1) is 11.9 Å². The van der Waals surface area contributed by atoms with Gasteiger partial charge >= 0.3 is 0 Å². The number of anilines is 1. The molecule has 2 rings (SSSR count). The molecule has 0 unspecified atom stereocenters. The van der Waals surface area contributed by atoms with Gasteiger partial charge in [-0.05, 0) is 43.9 Å². The number of rotatable bonds is 5. The molecule has 128 valence electrons. The van der Waals surface area contributed by atoms with Crippen LogP contribution in [-0.2, 0) is 14.8 Å². The molecule has 0 heterocycles. The third-order valence-corrected chi connectivity index (χ3v) is 5.42. The molecular weight excluding hydrogens is 312 g/mol. The molecule has 0 aliphatic heterocycles. The van der Waals surface area contributed by atoms with E-state index >= 15 is 0 Å². The zero-order chi connectivity index (χ0) is 17.0. The van der Waals surface area contributed by atoms with Crippen LogP contribution in [0, 0.1) is 13.8 Å². The van der Waals surface area contributed by atoms with Crippen molar-refractivity contribution in [3.63, 3.8) is 0 Å². The second-order valence-electron chi connectivity index (χ2n) is 6.46. The summed E-state index contributed by atoms with van der Waals surface area (Å²) in [5.74, 6) is -0.233. The second kappa shape index (κ2) is 7.34. The smallest absolute Gasteiger partial charge is 0.240 e. The Bertz CT molecular complexity index is 664. The molecule has 5 nitrogen and oxygen atoms in total. The van der Waals surface area contributed by atoms with Crippen LogP contribution in [0.2, 0.25) is 0 Å². The van der Waals surface area contributed by atoms with Crippen LogP contribution >= 0.6 is 0 Å². The molecule has 1 fully saturated rings. The fourth-order valence-electron chi connectivity index (χ4n) is 3.02. The summed E-state index contributed by atoms with van der Waals surface area (Å²) in [6.45, 7) is 3.59. The van der Waals surface area contributed by atoms with Crippen LogP contribution in [0.3, 0.4) is 0 Å². The van der Waals surface area contributed by atoms with Gasteiger partial charge in [0.15, 0.2) is 0 Å². The molecular formula is C17H26N2O3S. The van der Waals surface area contributed by atoms with Crippen LogP contribution in [0.1, 0.15) is 43.2 Å². The first kappa shape index (κ1) is 17.8. The zero-order valence-electron chi connectivity index (χ0n) is 14.1. The minimum absolute atomic E-state index is 0.167. The fraction of sp³-hybridized carbons (Fsp3) is 0.588. The monoisotopic (exact) mass is 338 g/mol. The van der Waals surface area contributed by atoms with Gasteiger partial charge in [-0.3, -0.25) is 9.10 Å². The first-order valence-corrected chi connectivity index (χ1v) is 9.96. The Morgan fingerprint density at radius 1 is 1.22 bits per heavy atom. The van der Waals surface area contributed by atoms with Crippen molar-refractivity contribution >= 4 is 21.6 Å². The van der Waals surface area contributed by atoms with Gasteiger partial charge < -0.3 is 5.32 Å². The van der Waals surface area contributed by atoms with Crippen LogP contribution in [-0.4, -0.2) is 33.2 Å². The molecule has 0 aromatic heterocycles. The topological polar surface area (TPSA) is 66.5 Å². The Morgan fingerprint density at radius 3 is 2.48 bits per heavy atom. The van der Waals surface area contributed by atoms with Crippen LogP contribution < -0.4 is 9.62 Å². The fourth-order valence-corrected chi connectivity index (χ4v) is 3.93. The zero-order valence-corrected chi connectivity index (χ0v) is 14.9. The van der Waals surface area contributed by atoms with E-state index < -0.39 is 10.0 Å². The number of nitrogens with one attached hydrogen (secondary N) is 1. The summed E-state index contributed by atoms with van der Waals surface area (Å²) in [6, 6.07) is 5.80. The highest BCUT2D eigenvalue weighted by atomic mass is 32.2. The second-order valence-corrected chi connectivity index (χ2v) is 8.37. The Kier molecular flexibility index (Phi) is 5.68. The molecule has 1 N–H and O–H groups in total. The molecule has 0 bridgehead atoms. The lowest BCUT2D eigenvalue weighted by atomic mass is 9.95. The molecule has 0 atom stereocenters. The predicted molar refractivity (Wildman–Crippen MR) is 93.1 cm³/mol. The lowest BCUT2D eigenvalue weighted by Gasteiger charge is -2.27. The van der Waals surface area contributed by atoms with Gasteiger partial charge in [0.1, 0.15) is 6.54 Å². The van der Waals surface area contributed by atoms with E-state index in [1.165, 1.54) is 10.7 Å². The first-order valence-electron chi connectivity index (χ1n) is 8.11. The number of carbonyl (C=O) groups is 1. The van der Waals surface area contributed by atoms with Crippen molar-refractivity contribution in [3.8, 4) is 0 Å². The number of aryl methyl sites for hydroxylation is 2. The summed E-state index contributed by atoms with van der Waals surface area (Å²) in [5, 5.41) is 2.98. The van der Waals surface area contributed by atoms with E-state index in [0.29, 0.717) is 5.69 Å². The molecule has 0 saturated heterocycles. The Labute approximate surface area is 139 Å². The van der Waals surface area contributed by atoms with Crippen molar-refractivity contribution in [2.45, 2.75) is 52.0 Å². The maximum Gasteiger partial charge on any atom is 0.240 e. The summed E-state index contributed by atoms with van der Waals surface area (Å²) in [6.07, 6.45) is 6.56. The van der Waals surface area contributed by atoms with Crippen molar-refractivity contribution in [1.29, 1.82) is 0 Å². The summed E-state index contributed by atoms with van der Waals surface area (Å²) < 4.78 is 25.5. The van der Waals surface area contributed by atoms with Crippen molar-refractivity contribution in [2.24, 2.45) is 0 Å². The molecule has 23 heavy (non-hydrogen) atoms. The third-order valence-electron chi connectivity index (χ3n) is 4.29. The predicted octanol–water partition coefficient (Wildman–Crippen LogP) is 2.52. The van der Waals surface area contributed by atoms with Crippen molar-refractivity contribution in [2.75, 3.05) is 17.1 Å². The SMILES string of the molecule is Cc1ccc(C)c(N(CC(=O)NC2CCCCC2)S(C)(=O)=O)c1. The maximum atomic E-state index is 12.3. The van der Waals surface area contributed by atoms with Gasteiger partial charge in [-0.15, -0.1) is 0 Å². The summed E-state index contributed by atoms with van der Waals surface area (Å²) in [5.41, 5.74) is 2.38. The minimum atomic E-state index is -3.52. The molecule has 1 aliphatic rings. The molecule has 0 spiro atoms. The van der Waals surface area contributed by atoms with Crippen molar-refractivity contribution < 1.29 is 13.2 Å². The van der Waals surface area contributed by atoms with Crippen LogP contribution in [0.4, 0.5) is 5.69 Å². The largest absolute Gasteiger partial charge is 0.352 e. The Balaban J connectivity index is 2.16. The highest BCUT2D eigenvalue weighted by molar-refractivity contribution is 7.92. The number of nitrogens with zero attached hydrogens (tertiary/aromatic N) is 1. The molecule has 1 aromatic carbocycles. The summed E-state index contributed by atoms with van der Waals surface area (Å²) >= 11 is 0. The average molecular weight is 338 g/mol. The summed E-state index contributed by atoms with van der Waals surface area (Å²) in [4.78, 5) is 12.3. The van der Waals surface area contributed by atoms with Crippen molar-refractivity contribution in [3.05, 3.63) is 29.3 Å². The maximum absolute atomic E-state index is 12.3. The van der Waals surface area contributed by atoms with Crippen molar-refractivity contribution in [1.82, 2.24) is 5.32 Å². The lowest BCUT2D eigenvalue weighted by molar-refractivity contribution is -0.120. The van der Waals surface area contributed by atoms with Gasteiger partial charge in [-0.25, -0.2) is 8.42 Å². The van der Waals surface area contributed by atoms with E-state index in [2.05, 4.69) is 5.32 Å². The Hall–Kier alpha value is -1.56. The van der Waals surface area contributed by atoms with Gasteiger partial charge in [-0.1, -0.05) is 31.4 Å².